The van der Waals surface area contributed by atoms with Crippen molar-refractivity contribution >= 4 is 21.4 Å². The molecule has 0 atom stereocenters. The van der Waals surface area contributed by atoms with Gasteiger partial charge in [0.1, 0.15) is 12.4 Å². The van der Waals surface area contributed by atoms with Crippen molar-refractivity contribution in [3.8, 4) is 5.75 Å². The number of ether oxygens (including phenoxy) is 1. The highest BCUT2D eigenvalue weighted by Gasteiger charge is 2.16. The minimum Gasteiger partial charge on any atom is -0.490 e. The van der Waals surface area contributed by atoms with Crippen molar-refractivity contribution in [2.45, 2.75) is 18.4 Å². The van der Waals surface area contributed by atoms with E-state index in [0.717, 1.165) is 6.26 Å². The molecule has 1 N–H and O–H groups in total. The zero-order chi connectivity index (χ0) is 20.1. The second-order valence-corrected chi connectivity index (χ2v) is 8.36. The fraction of sp³-hybridized carbons (Fsp3) is 0.200. The zero-order valence-corrected chi connectivity index (χ0v) is 16.4. The first-order valence-corrected chi connectivity index (χ1v) is 10.5. The van der Waals surface area contributed by atoms with Crippen LogP contribution in [0.1, 0.15) is 15.9 Å². The van der Waals surface area contributed by atoms with Crippen LogP contribution in [-0.4, -0.2) is 36.7 Å². The van der Waals surface area contributed by atoms with E-state index in [0.29, 0.717) is 35.7 Å². The Labute approximate surface area is 163 Å². The predicted molar refractivity (Wildman–Crippen MR) is 106 cm³/mol. The Bertz CT molecular complexity index is 1080. The number of anilines is 1. The minimum absolute atomic E-state index is 0.105. The molecule has 1 heterocycles. The first-order valence-electron chi connectivity index (χ1n) is 8.64. The number of sulfone groups is 1. The number of hydrogen-bond donors (Lipinski definition) is 1. The molecule has 1 amide bonds. The molecule has 3 aromatic rings. The van der Waals surface area contributed by atoms with Crippen LogP contribution >= 0.6 is 0 Å². The van der Waals surface area contributed by atoms with E-state index in [1.165, 1.54) is 12.1 Å². The molecule has 1 aromatic heterocycles. The molecule has 0 aliphatic carbocycles. The minimum atomic E-state index is -3.40. The summed E-state index contributed by atoms with van der Waals surface area (Å²) in [6.45, 7) is 2.79. The van der Waals surface area contributed by atoms with Crippen molar-refractivity contribution in [3.05, 3.63) is 72.3 Å². The van der Waals surface area contributed by atoms with Gasteiger partial charge in [0.25, 0.3) is 5.91 Å². The predicted octanol–water partition coefficient (Wildman–Crippen LogP) is 2.93. The summed E-state index contributed by atoms with van der Waals surface area (Å²) in [4.78, 5) is 16.8. The fourth-order valence-electron chi connectivity index (χ4n) is 2.64. The van der Waals surface area contributed by atoms with Crippen LogP contribution in [0.5, 0.6) is 5.75 Å². The van der Waals surface area contributed by atoms with Gasteiger partial charge in [0.05, 0.1) is 23.5 Å². The molecule has 7 nitrogen and oxygen atoms in total. The standard InChI is InChI=1S/C20H21N3O4S/c1-15-7-8-16(28(2,25)26)13-17(15)20(24)22-18-5-3-4-6-19(18)27-12-11-23-10-9-21-14-23/h3-10,13-14H,11-12H2,1-2H3,(H,22,24). The average molecular weight is 399 g/mol. The van der Waals surface area contributed by atoms with Gasteiger partial charge in [0, 0.05) is 24.2 Å². The molecule has 3 rings (SSSR count). The lowest BCUT2D eigenvalue weighted by molar-refractivity contribution is 0.102. The van der Waals surface area contributed by atoms with E-state index in [1.807, 2.05) is 16.8 Å². The van der Waals surface area contributed by atoms with Crippen molar-refractivity contribution in [2.75, 3.05) is 18.2 Å². The monoisotopic (exact) mass is 399 g/mol. The number of carbonyl (C=O) groups excluding carboxylic acids is 1. The number of rotatable bonds is 7. The third kappa shape index (κ3) is 4.77. The molecule has 0 fully saturated rings. The number of nitrogens with one attached hydrogen (secondary N) is 1. The normalized spacial score (nSPS) is 11.2. The number of aromatic nitrogens is 2. The Hall–Kier alpha value is -3.13. The van der Waals surface area contributed by atoms with E-state index in [2.05, 4.69) is 10.3 Å². The number of benzene rings is 2. The Morgan fingerprint density at radius 1 is 1.21 bits per heavy atom. The molecule has 2 aromatic carbocycles. The van der Waals surface area contributed by atoms with Crippen LogP contribution in [0.15, 0.2) is 66.1 Å². The Balaban J connectivity index is 1.76. The van der Waals surface area contributed by atoms with E-state index in [-0.39, 0.29) is 4.90 Å². The summed E-state index contributed by atoms with van der Waals surface area (Å²) in [7, 11) is -3.40. The van der Waals surface area contributed by atoms with Gasteiger partial charge >= 0.3 is 0 Å². The summed E-state index contributed by atoms with van der Waals surface area (Å²) in [6.07, 6.45) is 6.35. The van der Waals surface area contributed by atoms with Crippen molar-refractivity contribution in [1.82, 2.24) is 9.55 Å². The second-order valence-electron chi connectivity index (χ2n) is 6.35. The maximum Gasteiger partial charge on any atom is 0.256 e. The van der Waals surface area contributed by atoms with E-state index in [9.17, 15) is 13.2 Å². The van der Waals surface area contributed by atoms with Crippen molar-refractivity contribution in [2.24, 2.45) is 0 Å². The Morgan fingerprint density at radius 3 is 2.71 bits per heavy atom. The van der Waals surface area contributed by atoms with Gasteiger partial charge in [-0.25, -0.2) is 13.4 Å². The second kappa shape index (κ2) is 8.26. The molecule has 0 unspecified atom stereocenters. The molecule has 0 saturated heterocycles. The Morgan fingerprint density at radius 2 is 2.00 bits per heavy atom. The van der Waals surface area contributed by atoms with Crippen LogP contribution in [-0.2, 0) is 16.4 Å². The van der Waals surface area contributed by atoms with Crippen LogP contribution in [0.25, 0.3) is 0 Å². The third-order valence-electron chi connectivity index (χ3n) is 4.18. The highest BCUT2D eigenvalue weighted by Crippen LogP contribution is 2.25. The molecular formula is C20H21N3O4S. The maximum absolute atomic E-state index is 12.8. The highest BCUT2D eigenvalue weighted by molar-refractivity contribution is 7.90. The lowest BCUT2D eigenvalue weighted by atomic mass is 10.1. The molecule has 0 bridgehead atoms. The molecular weight excluding hydrogens is 378 g/mol. The van der Waals surface area contributed by atoms with Crippen LogP contribution in [0.2, 0.25) is 0 Å². The number of amides is 1. The maximum atomic E-state index is 12.8. The molecule has 0 aliphatic heterocycles. The molecule has 146 valence electrons. The number of nitrogens with zero attached hydrogens (tertiary/aromatic N) is 2. The summed E-state index contributed by atoms with van der Waals surface area (Å²) in [5.74, 6) is 0.140. The smallest absolute Gasteiger partial charge is 0.256 e. The molecule has 28 heavy (non-hydrogen) atoms. The van der Waals surface area contributed by atoms with E-state index in [4.69, 9.17) is 4.74 Å². The van der Waals surface area contributed by atoms with Gasteiger partial charge in [-0.2, -0.15) is 0 Å². The number of aryl methyl sites for hydroxylation is 1. The van der Waals surface area contributed by atoms with Gasteiger partial charge in [0.15, 0.2) is 9.84 Å². The first kappa shape index (κ1) is 19.6. The van der Waals surface area contributed by atoms with Gasteiger partial charge in [-0.15, -0.1) is 0 Å². The zero-order valence-electron chi connectivity index (χ0n) is 15.6. The highest BCUT2D eigenvalue weighted by atomic mass is 32.2. The number of hydrogen-bond acceptors (Lipinski definition) is 5. The first-order chi connectivity index (χ1) is 13.3. The van der Waals surface area contributed by atoms with Crippen LogP contribution in [0.3, 0.4) is 0 Å². The van der Waals surface area contributed by atoms with Crippen LogP contribution in [0.4, 0.5) is 5.69 Å². The van der Waals surface area contributed by atoms with Crippen molar-refractivity contribution < 1.29 is 17.9 Å². The molecule has 8 heteroatoms. The van der Waals surface area contributed by atoms with Gasteiger partial charge < -0.3 is 14.6 Å². The summed E-state index contributed by atoms with van der Waals surface area (Å²) in [5.41, 5.74) is 1.50. The number of para-hydroxylation sites is 2. The molecule has 0 saturated carbocycles. The lowest BCUT2D eigenvalue weighted by Gasteiger charge is -2.14. The third-order valence-corrected chi connectivity index (χ3v) is 5.29. The topological polar surface area (TPSA) is 90.3 Å². The SMILES string of the molecule is Cc1ccc(S(C)(=O)=O)cc1C(=O)Nc1ccccc1OCCn1ccnc1. The summed E-state index contributed by atoms with van der Waals surface area (Å²) >= 11 is 0. The number of imidazole rings is 1. The van der Waals surface area contributed by atoms with E-state index >= 15 is 0 Å². The van der Waals surface area contributed by atoms with Gasteiger partial charge in [-0.1, -0.05) is 18.2 Å². The fourth-order valence-corrected chi connectivity index (χ4v) is 3.29. The largest absolute Gasteiger partial charge is 0.490 e. The molecule has 0 aliphatic rings. The van der Waals surface area contributed by atoms with E-state index < -0.39 is 15.7 Å². The summed E-state index contributed by atoms with van der Waals surface area (Å²) < 4.78 is 31.3. The van der Waals surface area contributed by atoms with Gasteiger partial charge in [0.2, 0.25) is 0 Å². The summed E-state index contributed by atoms with van der Waals surface area (Å²) in [6, 6.07) is 11.6. The van der Waals surface area contributed by atoms with Gasteiger partial charge in [-0.3, -0.25) is 4.79 Å². The number of carbonyl (C=O) groups is 1. The van der Waals surface area contributed by atoms with Gasteiger partial charge in [-0.05, 0) is 36.8 Å². The Kier molecular flexibility index (Phi) is 5.79. The quantitative estimate of drug-likeness (QED) is 0.660. The van der Waals surface area contributed by atoms with Crippen molar-refractivity contribution in [3.63, 3.8) is 0 Å². The summed E-state index contributed by atoms with van der Waals surface area (Å²) in [5, 5.41) is 2.81. The van der Waals surface area contributed by atoms with Crippen LogP contribution < -0.4 is 10.1 Å². The average Bonchev–Trinajstić information content (AvgIpc) is 3.16. The van der Waals surface area contributed by atoms with Crippen molar-refractivity contribution in [1.29, 1.82) is 0 Å². The molecule has 0 spiro atoms. The molecule has 0 radical (unpaired) electrons. The van der Waals surface area contributed by atoms with Crippen LogP contribution in [0, 0.1) is 6.92 Å². The van der Waals surface area contributed by atoms with E-state index in [1.54, 1.807) is 43.7 Å². The lowest BCUT2D eigenvalue weighted by Crippen LogP contribution is -2.16.